The molecule has 0 aromatic heterocycles. The van der Waals surface area contributed by atoms with Crippen molar-refractivity contribution in [3.8, 4) is 11.5 Å². The lowest BCUT2D eigenvalue weighted by Crippen LogP contribution is -2.31. The molecule has 1 rings (SSSR count). The number of ether oxygens (including phenoxy) is 3. The minimum Gasteiger partial charge on any atom is -0.493 e. The summed E-state index contributed by atoms with van der Waals surface area (Å²) in [4.78, 5) is 0. The number of hydrogen-bond acceptors (Lipinski definition) is 5. The number of anilines is 1. The summed E-state index contributed by atoms with van der Waals surface area (Å²) in [6.45, 7) is 5.65. The number of benzene rings is 1. The second-order valence-corrected chi connectivity index (χ2v) is 7.19. The highest BCUT2D eigenvalue weighted by Crippen LogP contribution is 2.33. The molecular weight excluding hydrogens is 306 g/mol. The van der Waals surface area contributed by atoms with Crippen LogP contribution in [-0.4, -0.2) is 41.6 Å². The first-order valence-electron chi connectivity index (χ1n) is 7.00. The minimum absolute atomic E-state index is 0.102. The van der Waals surface area contributed by atoms with E-state index in [9.17, 15) is 8.42 Å². The molecule has 0 bridgehead atoms. The van der Waals surface area contributed by atoms with E-state index in [0.717, 1.165) is 5.56 Å². The zero-order chi connectivity index (χ0) is 16.9. The number of nitrogens with one attached hydrogen (secondary N) is 1. The van der Waals surface area contributed by atoms with Gasteiger partial charge >= 0.3 is 0 Å². The first-order chi connectivity index (χ1) is 10.2. The lowest BCUT2D eigenvalue weighted by molar-refractivity contribution is 0.0829. The number of hydrogen-bond donors (Lipinski definition) is 1. The third-order valence-corrected chi connectivity index (χ3v) is 4.72. The summed E-state index contributed by atoms with van der Waals surface area (Å²) in [6.07, 6.45) is -0.363. The Morgan fingerprint density at radius 1 is 1.09 bits per heavy atom. The van der Waals surface area contributed by atoms with Crippen LogP contribution in [-0.2, 0) is 14.8 Å². The molecule has 0 radical (unpaired) electrons. The van der Waals surface area contributed by atoms with Crippen molar-refractivity contribution >= 4 is 15.7 Å². The molecule has 1 unspecified atom stereocenters. The van der Waals surface area contributed by atoms with Crippen molar-refractivity contribution in [2.75, 3.05) is 31.8 Å². The summed E-state index contributed by atoms with van der Waals surface area (Å²) in [5.41, 5.74) is 1.22. The molecule has 6 nitrogen and oxygen atoms in total. The molecule has 0 aliphatic rings. The largest absolute Gasteiger partial charge is 0.493 e. The van der Waals surface area contributed by atoms with E-state index in [2.05, 4.69) is 4.72 Å². The maximum absolute atomic E-state index is 12.3. The molecule has 0 fully saturated rings. The predicted octanol–water partition coefficient (Wildman–Crippen LogP) is 2.42. The molecule has 0 aliphatic heterocycles. The molecule has 0 saturated carbocycles. The minimum atomic E-state index is -3.53. The summed E-state index contributed by atoms with van der Waals surface area (Å²) < 4.78 is 42.9. The fraction of sp³-hybridized carbons (Fsp3) is 0.600. The van der Waals surface area contributed by atoms with Gasteiger partial charge in [-0.25, -0.2) is 8.42 Å². The van der Waals surface area contributed by atoms with Crippen LogP contribution in [0.15, 0.2) is 12.1 Å². The number of sulfonamides is 1. The van der Waals surface area contributed by atoms with Gasteiger partial charge in [0.15, 0.2) is 11.5 Å². The highest BCUT2D eigenvalue weighted by atomic mass is 32.2. The van der Waals surface area contributed by atoms with Crippen molar-refractivity contribution in [2.45, 2.75) is 26.9 Å². The van der Waals surface area contributed by atoms with Crippen molar-refractivity contribution in [1.82, 2.24) is 0 Å². The summed E-state index contributed by atoms with van der Waals surface area (Å²) in [6, 6.07) is 3.34. The average Bonchev–Trinajstić information content (AvgIpc) is 2.45. The van der Waals surface area contributed by atoms with Crippen LogP contribution in [0, 0.1) is 12.8 Å². The maximum atomic E-state index is 12.3. The lowest BCUT2D eigenvalue weighted by atomic mass is 10.1. The average molecular weight is 331 g/mol. The first kappa shape index (κ1) is 18.6. The maximum Gasteiger partial charge on any atom is 0.235 e. The number of rotatable bonds is 8. The molecule has 1 aromatic carbocycles. The van der Waals surface area contributed by atoms with Crippen LogP contribution in [0.25, 0.3) is 0 Å². The van der Waals surface area contributed by atoms with Crippen molar-refractivity contribution in [3.05, 3.63) is 17.7 Å². The molecule has 7 heteroatoms. The molecule has 0 heterocycles. The van der Waals surface area contributed by atoms with Crippen molar-refractivity contribution < 1.29 is 22.6 Å². The van der Waals surface area contributed by atoms with E-state index in [0.29, 0.717) is 17.2 Å². The first-order valence-corrected chi connectivity index (χ1v) is 8.65. The number of methoxy groups -OCH3 is 3. The van der Waals surface area contributed by atoms with Crippen molar-refractivity contribution in [3.63, 3.8) is 0 Å². The number of aryl methyl sites for hydroxylation is 1. The van der Waals surface area contributed by atoms with E-state index in [1.807, 2.05) is 13.8 Å². The van der Waals surface area contributed by atoms with Crippen LogP contribution in [0.5, 0.6) is 11.5 Å². The van der Waals surface area contributed by atoms with Gasteiger partial charge in [-0.3, -0.25) is 4.72 Å². The van der Waals surface area contributed by atoms with Crippen LogP contribution in [0.2, 0.25) is 0 Å². The Morgan fingerprint density at radius 3 is 2.09 bits per heavy atom. The fourth-order valence-corrected chi connectivity index (χ4v) is 3.64. The highest BCUT2D eigenvalue weighted by molar-refractivity contribution is 7.92. The Bertz CT molecular complexity index is 598. The van der Waals surface area contributed by atoms with Gasteiger partial charge in [0.1, 0.15) is 0 Å². The molecule has 0 aliphatic carbocycles. The van der Waals surface area contributed by atoms with Crippen LogP contribution < -0.4 is 14.2 Å². The van der Waals surface area contributed by atoms with E-state index in [-0.39, 0.29) is 17.8 Å². The van der Waals surface area contributed by atoms with E-state index < -0.39 is 10.0 Å². The van der Waals surface area contributed by atoms with Gasteiger partial charge in [-0.15, -0.1) is 0 Å². The third-order valence-electron chi connectivity index (χ3n) is 3.43. The standard InChI is InChI=1S/C15H25NO5S/c1-10(2)15(21-6)9-22(17,18)16-12-8-14(20-5)13(19-4)7-11(12)3/h7-8,10,15-16H,9H2,1-6H3. The zero-order valence-corrected chi connectivity index (χ0v) is 14.8. The van der Waals surface area contributed by atoms with E-state index in [4.69, 9.17) is 14.2 Å². The Kier molecular flexibility index (Phi) is 6.49. The third kappa shape index (κ3) is 4.78. The molecule has 126 valence electrons. The molecular formula is C15H25NO5S. The Hall–Kier alpha value is -1.47. The van der Waals surface area contributed by atoms with Gasteiger partial charge in [-0.2, -0.15) is 0 Å². The van der Waals surface area contributed by atoms with Gasteiger partial charge in [0.25, 0.3) is 0 Å². The normalized spacial score (nSPS) is 13.0. The van der Waals surface area contributed by atoms with Crippen molar-refractivity contribution in [2.24, 2.45) is 5.92 Å². The van der Waals surface area contributed by atoms with Crippen molar-refractivity contribution in [1.29, 1.82) is 0 Å². The van der Waals surface area contributed by atoms with Crippen LogP contribution >= 0.6 is 0 Å². The predicted molar refractivity (Wildman–Crippen MR) is 87.3 cm³/mol. The molecule has 22 heavy (non-hydrogen) atoms. The van der Waals surface area contributed by atoms with E-state index in [1.54, 1.807) is 19.1 Å². The lowest BCUT2D eigenvalue weighted by Gasteiger charge is -2.20. The van der Waals surface area contributed by atoms with Crippen LogP contribution in [0.1, 0.15) is 19.4 Å². The van der Waals surface area contributed by atoms with Crippen LogP contribution in [0.3, 0.4) is 0 Å². The van der Waals surface area contributed by atoms with Gasteiger partial charge in [0, 0.05) is 13.2 Å². The monoisotopic (exact) mass is 331 g/mol. The summed E-state index contributed by atoms with van der Waals surface area (Å²) in [5.74, 6) is 1.03. The Labute approximate surface area is 132 Å². The van der Waals surface area contributed by atoms with Gasteiger partial charge < -0.3 is 14.2 Å². The molecule has 1 aromatic rings. The molecule has 0 spiro atoms. The molecule has 0 amide bonds. The smallest absolute Gasteiger partial charge is 0.235 e. The second-order valence-electron chi connectivity index (χ2n) is 5.42. The fourth-order valence-electron chi connectivity index (χ4n) is 2.05. The van der Waals surface area contributed by atoms with Crippen LogP contribution in [0.4, 0.5) is 5.69 Å². The summed E-state index contributed by atoms with van der Waals surface area (Å²) >= 11 is 0. The van der Waals surface area contributed by atoms with E-state index in [1.165, 1.54) is 21.3 Å². The SMILES string of the molecule is COc1cc(C)c(NS(=O)(=O)CC(OC)C(C)C)cc1OC. The topological polar surface area (TPSA) is 73.9 Å². The highest BCUT2D eigenvalue weighted by Gasteiger charge is 2.23. The zero-order valence-electron chi connectivity index (χ0n) is 14.0. The molecule has 1 N–H and O–H groups in total. The Morgan fingerprint density at radius 2 is 1.64 bits per heavy atom. The van der Waals surface area contributed by atoms with Gasteiger partial charge in [-0.1, -0.05) is 13.8 Å². The van der Waals surface area contributed by atoms with Gasteiger partial charge in [0.05, 0.1) is 31.8 Å². The Balaban J connectivity index is 3.03. The second kappa shape index (κ2) is 7.69. The van der Waals surface area contributed by atoms with Gasteiger partial charge in [-0.05, 0) is 24.5 Å². The molecule has 0 saturated heterocycles. The quantitative estimate of drug-likeness (QED) is 0.792. The summed E-state index contributed by atoms with van der Waals surface area (Å²) in [7, 11) is 1.03. The van der Waals surface area contributed by atoms with E-state index >= 15 is 0 Å². The molecule has 1 atom stereocenters. The van der Waals surface area contributed by atoms with Gasteiger partial charge in [0.2, 0.25) is 10.0 Å². The summed E-state index contributed by atoms with van der Waals surface area (Å²) in [5, 5.41) is 0.